The summed E-state index contributed by atoms with van der Waals surface area (Å²) in [7, 11) is 0. The van der Waals surface area contributed by atoms with Crippen LogP contribution < -0.4 is 5.73 Å². The summed E-state index contributed by atoms with van der Waals surface area (Å²) in [5, 5.41) is 0. The Bertz CT molecular complexity index is 293. The van der Waals surface area contributed by atoms with Crippen molar-refractivity contribution < 1.29 is 19.1 Å². The summed E-state index contributed by atoms with van der Waals surface area (Å²) in [5.41, 5.74) is 5.53. The number of hydrogen-bond acceptors (Lipinski definition) is 4. The Kier molecular flexibility index (Phi) is 6.10. The largest absolute Gasteiger partial charge is 0.459 e. The predicted molar refractivity (Wildman–Crippen MR) is 59.5 cm³/mol. The van der Waals surface area contributed by atoms with E-state index in [4.69, 9.17) is 15.2 Å². The first-order valence-electron chi connectivity index (χ1n) is 4.74. The Labute approximate surface area is 94.9 Å². The maximum Gasteiger partial charge on any atom is 0.333 e. The summed E-state index contributed by atoms with van der Waals surface area (Å²) in [6.07, 6.45) is 0.142. The molecule has 5 heteroatoms. The first-order valence-corrected chi connectivity index (χ1v) is 4.74. The fourth-order valence-electron chi connectivity index (χ4n) is 0.456. The first kappa shape index (κ1) is 14.4. The van der Waals surface area contributed by atoms with Crippen LogP contribution in [-0.2, 0) is 19.1 Å². The van der Waals surface area contributed by atoms with Gasteiger partial charge in [-0.05, 0) is 13.8 Å². The van der Waals surface area contributed by atoms with Crippen molar-refractivity contribution in [3.8, 4) is 0 Å². The van der Waals surface area contributed by atoms with Gasteiger partial charge < -0.3 is 15.2 Å². The van der Waals surface area contributed by atoms with E-state index in [9.17, 15) is 9.59 Å². The van der Waals surface area contributed by atoms with Crippen LogP contribution in [0, 0.1) is 0 Å². The van der Waals surface area contributed by atoms with Crippen molar-refractivity contribution in [3.63, 3.8) is 0 Å². The highest BCUT2D eigenvalue weighted by atomic mass is 16.6. The van der Waals surface area contributed by atoms with E-state index >= 15 is 0 Å². The SMILES string of the molecule is C=C(C)C(=O)OCC1CO1.C=C(C)C(N)=O. The van der Waals surface area contributed by atoms with Crippen LogP contribution in [0.5, 0.6) is 0 Å². The third-order valence-electron chi connectivity index (χ3n) is 1.57. The van der Waals surface area contributed by atoms with Crippen molar-refractivity contribution in [1.29, 1.82) is 0 Å². The second-order valence-corrected chi connectivity index (χ2v) is 3.48. The molecule has 0 spiro atoms. The van der Waals surface area contributed by atoms with Gasteiger partial charge in [-0.15, -0.1) is 0 Å². The number of hydrogen-bond donors (Lipinski definition) is 1. The van der Waals surface area contributed by atoms with Crippen LogP contribution in [0.25, 0.3) is 0 Å². The average molecular weight is 227 g/mol. The molecule has 0 bridgehead atoms. The number of esters is 1. The third kappa shape index (κ3) is 7.75. The molecule has 0 aliphatic carbocycles. The second-order valence-electron chi connectivity index (χ2n) is 3.48. The molecule has 0 radical (unpaired) electrons. The van der Waals surface area contributed by atoms with Crippen LogP contribution >= 0.6 is 0 Å². The van der Waals surface area contributed by atoms with Gasteiger partial charge in [0.1, 0.15) is 12.7 Å². The fraction of sp³-hybridized carbons (Fsp3) is 0.455. The molecular weight excluding hydrogens is 210 g/mol. The van der Waals surface area contributed by atoms with Gasteiger partial charge in [0.15, 0.2) is 0 Å². The van der Waals surface area contributed by atoms with Crippen molar-refractivity contribution in [2.75, 3.05) is 13.2 Å². The van der Waals surface area contributed by atoms with Gasteiger partial charge in [-0.1, -0.05) is 13.2 Å². The van der Waals surface area contributed by atoms with Gasteiger partial charge in [0, 0.05) is 11.1 Å². The average Bonchev–Trinajstić information content (AvgIpc) is 2.98. The smallest absolute Gasteiger partial charge is 0.333 e. The second kappa shape index (κ2) is 6.79. The molecule has 0 aromatic heterocycles. The highest BCUT2D eigenvalue weighted by molar-refractivity contribution is 5.90. The summed E-state index contributed by atoms with van der Waals surface area (Å²) < 4.78 is 9.60. The molecule has 0 aromatic carbocycles. The molecule has 1 unspecified atom stereocenters. The number of carbonyl (C=O) groups is 2. The molecule has 1 saturated heterocycles. The first-order chi connectivity index (χ1) is 7.34. The molecule has 2 N–H and O–H groups in total. The quantitative estimate of drug-likeness (QED) is 0.432. The zero-order valence-electron chi connectivity index (χ0n) is 9.62. The lowest BCUT2D eigenvalue weighted by molar-refractivity contribution is -0.139. The Morgan fingerprint density at radius 2 is 1.81 bits per heavy atom. The van der Waals surface area contributed by atoms with Crippen LogP contribution in [0.15, 0.2) is 24.3 Å². The number of primary amides is 1. The molecule has 1 aliphatic rings. The summed E-state index contributed by atoms with van der Waals surface area (Å²) in [4.78, 5) is 20.5. The van der Waals surface area contributed by atoms with E-state index in [0.717, 1.165) is 0 Å². The summed E-state index contributed by atoms with van der Waals surface area (Å²) >= 11 is 0. The minimum atomic E-state index is -0.435. The molecular formula is C11H17NO4. The van der Waals surface area contributed by atoms with E-state index in [2.05, 4.69) is 13.2 Å². The molecule has 16 heavy (non-hydrogen) atoms. The molecule has 1 heterocycles. The number of amides is 1. The predicted octanol–water partition coefficient (Wildman–Crippen LogP) is 0.552. The lowest BCUT2D eigenvalue weighted by Crippen LogP contribution is -2.10. The number of epoxide rings is 1. The monoisotopic (exact) mass is 227 g/mol. The van der Waals surface area contributed by atoms with Crippen molar-refractivity contribution >= 4 is 11.9 Å². The zero-order valence-corrected chi connectivity index (χ0v) is 9.62. The van der Waals surface area contributed by atoms with Crippen molar-refractivity contribution in [2.24, 2.45) is 5.73 Å². The summed E-state index contributed by atoms with van der Waals surface area (Å²) in [5.74, 6) is -0.773. The van der Waals surface area contributed by atoms with E-state index < -0.39 is 5.91 Å². The molecule has 5 nitrogen and oxygen atoms in total. The van der Waals surface area contributed by atoms with Gasteiger partial charge in [-0.2, -0.15) is 0 Å². The van der Waals surface area contributed by atoms with Gasteiger partial charge in [0.25, 0.3) is 0 Å². The maximum absolute atomic E-state index is 10.7. The van der Waals surface area contributed by atoms with Crippen molar-refractivity contribution in [3.05, 3.63) is 24.3 Å². The number of rotatable bonds is 4. The molecule has 1 rings (SSSR count). The topological polar surface area (TPSA) is 81.9 Å². The fourth-order valence-corrected chi connectivity index (χ4v) is 0.456. The lowest BCUT2D eigenvalue weighted by Gasteiger charge is -1.99. The van der Waals surface area contributed by atoms with Gasteiger partial charge >= 0.3 is 5.97 Å². The van der Waals surface area contributed by atoms with Crippen molar-refractivity contribution in [1.82, 2.24) is 0 Å². The number of carbonyl (C=O) groups excluding carboxylic acids is 2. The lowest BCUT2D eigenvalue weighted by atomic mass is 10.3. The van der Waals surface area contributed by atoms with Gasteiger partial charge in [0.2, 0.25) is 5.91 Å². The van der Waals surface area contributed by atoms with E-state index in [-0.39, 0.29) is 12.1 Å². The Morgan fingerprint density at radius 1 is 1.38 bits per heavy atom. The van der Waals surface area contributed by atoms with Crippen molar-refractivity contribution in [2.45, 2.75) is 20.0 Å². The highest BCUT2D eigenvalue weighted by Gasteiger charge is 2.24. The van der Waals surface area contributed by atoms with Crippen LogP contribution in [-0.4, -0.2) is 31.2 Å². The normalized spacial score (nSPS) is 16.5. The summed E-state index contributed by atoms with van der Waals surface area (Å²) in [6.45, 7) is 11.0. The zero-order chi connectivity index (χ0) is 12.7. The minimum Gasteiger partial charge on any atom is -0.459 e. The Balaban J connectivity index is 0.000000325. The van der Waals surface area contributed by atoms with Gasteiger partial charge in [-0.3, -0.25) is 4.79 Å². The van der Waals surface area contributed by atoms with E-state index in [0.29, 0.717) is 24.4 Å². The number of nitrogens with two attached hydrogens (primary N) is 1. The van der Waals surface area contributed by atoms with Crippen LogP contribution in [0.2, 0.25) is 0 Å². The summed E-state index contributed by atoms with van der Waals surface area (Å²) in [6, 6.07) is 0. The number of ether oxygens (including phenoxy) is 2. The molecule has 1 aliphatic heterocycles. The molecule has 90 valence electrons. The standard InChI is InChI=1S/C7H10O3.C4H7NO/c1-5(2)7(8)10-4-6-3-9-6;1-3(2)4(5)6/h6H,1,3-4H2,2H3;1H2,2H3,(H2,5,6). The molecule has 0 saturated carbocycles. The molecule has 1 atom stereocenters. The van der Waals surface area contributed by atoms with Crippen LogP contribution in [0.4, 0.5) is 0 Å². The Hall–Kier alpha value is -1.62. The Morgan fingerprint density at radius 3 is 2.06 bits per heavy atom. The molecule has 0 aromatic rings. The van der Waals surface area contributed by atoms with E-state index in [1.54, 1.807) is 13.8 Å². The van der Waals surface area contributed by atoms with E-state index in [1.165, 1.54) is 0 Å². The van der Waals surface area contributed by atoms with Crippen LogP contribution in [0.3, 0.4) is 0 Å². The van der Waals surface area contributed by atoms with Crippen LogP contribution in [0.1, 0.15) is 13.8 Å². The maximum atomic E-state index is 10.7. The molecule has 1 amide bonds. The minimum absolute atomic E-state index is 0.142. The van der Waals surface area contributed by atoms with Gasteiger partial charge in [-0.25, -0.2) is 4.79 Å². The van der Waals surface area contributed by atoms with Gasteiger partial charge in [0.05, 0.1) is 6.61 Å². The molecule has 1 fully saturated rings. The van der Waals surface area contributed by atoms with E-state index in [1.807, 2.05) is 0 Å². The highest BCUT2D eigenvalue weighted by Crippen LogP contribution is 2.09. The third-order valence-corrected chi connectivity index (χ3v) is 1.57.